The monoisotopic (exact) mass is 370 g/mol. The average molecular weight is 370 g/mol. The molecule has 0 N–H and O–H groups in total. The van der Waals surface area contributed by atoms with Crippen molar-refractivity contribution < 1.29 is 4.74 Å². The van der Waals surface area contributed by atoms with Gasteiger partial charge in [0.2, 0.25) is 0 Å². The van der Waals surface area contributed by atoms with Crippen molar-refractivity contribution >= 4 is 11.5 Å². The second kappa shape index (κ2) is 7.09. The van der Waals surface area contributed by atoms with Crippen molar-refractivity contribution in [3.63, 3.8) is 0 Å². The third kappa shape index (κ3) is 2.94. The number of pyridine rings is 2. The standard InChI is InChI=1S/C23H22N4O/c1-17-5-2-3-6-19(17)23-20(7-4-10-24-23)18-8-9-21-25-15-22(27(21)16-18)26-11-13-28-14-12-26/h2-10,15-16H,11-14H2,1H3. The van der Waals surface area contributed by atoms with Crippen molar-refractivity contribution in [2.75, 3.05) is 31.2 Å². The Morgan fingerprint density at radius 1 is 0.893 bits per heavy atom. The van der Waals surface area contributed by atoms with Crippen molar-refractivity contribution in [1.29, 1.82) is 0 Å². The van der Waals surface area contributed by atoms with Crippen molar-refractivity contribution in [1.82, 2.24) is 14.4 Å². The van der Waals surface area contributed by atoms with Crippen LogP contribution in [-0.2, 0) is 4.74 Å². The Hall–Kier alpha value is -3.18. The molecule has 0 aliphatic carbocycles. The van der Waals surface area contributed by atoms with E-state index in [1.54, 1.807) is 0 Å². The van der Waals surface area contributed by atoms with E-state index < -0.39 is 0 Å². The first-order chi connectivity index (χ1) is 13.8. The molecule has 1 aliphatic rings. The van der Waals surface area contributed by atoms with Gasteiger partial charge in [-0.1, -0.05) is 30.3 Å². The number of anilines is 1. The number of hydrogen-bond acceptors (Lipinski definition) is 4. The number of benzene rings is 1. The van der Waals surface area contributed by atoms with Crippen LogP contribution in [0.25, 0.3) is 28.0 Å². The summed E-state index contributed by atoms with van der Waals surface area (Å²) in [7, 11) is 0. The molecule has 5 rings (SSSR count). The summed E-state index contributed by atoms with van der Waals surface area (Å²) in [5, 5.41) is 0. The third-order valence-corrected chi connectivity index (χ3v) is 5.34. The summed E-state index contributed by atoms with van der Waals surface area (Å²) in [6, 6.07) is 16.7. The van der Waals surface area contributed by atoms with E-state index in [9.17, 15) is 0 Å². The highest BCUT2D eigenvalue weighted by Gasteiger charge is 2.17. The molecule has 0 radical (unpaired) electrons. The minimum absolute atomic E-state index is 0.757. The molecule has 5 heteroatoms. The van der Waals surface area contributed by atoms with E-state index in [-0.39, 0.29) is 0 Å². The van der Waals surface area contributed by atoms with E-state index in [0.717, 1.165) is 60.2 Å². The summed E-state index contributed by atoms with van der Waals surface area (Å²) in [5.41, 5.74) is 6.60. The maximum absolute atomic E-state index is 5.50. The molecule has 4 aromatic rings. The molecule has 0 saturated carbocycles. The summed E-state index contributed by atoms with van der Waals surface area (Å²) in [6.45, 7) is 5.42. The lowest BCUT2D eigenvalue weighted by Crippen LogP contribution is -2.36. The SMILES string of the molecule is Cc1ccccc1-c1ncccc1-c1ccc2ncc(N3CCOCC3)n2c1. The number of rotatable bonds is 3. The molecule has 1 fully saturated rings. The predicted molar refractivity (Wildman–Crippen MR) is 112 cm³/mol. The zero-order valence-corrected chi connectivity index (χ0v) is 15.9. The van der Waals surface area contributed by atoms with Gasteiger partial charge < -0.3 is 9.64 Å². The van der Waals surface area contributed by atoms with Crippen LogP contribution in [0, 0.1) is 6.92 Å². The lowest BCUT2D eigenvalue weighted by molar-refractivity contribution is 0.122. The number of ether oxygens (including phenoxy) is 1. The first-order valence-electron chi connectivity index (χ1n) is 9.62. The van der Waals surface area contributed by atoms with Crippen LogP contribution in [0.1, 0.15) is 5.56 Å². The fraction of sp³-hybridized carbons (Fsp3) is 0.217. The minimum Gasteiger partial charge on any atom is -0.378 e. The van der Waals surface area contributed by atoms with Crippen LogP contribution in [0.5, 0.6) is 0 Å². The van der Waals surface area contributed by atoms with E-state index >= 15 is 0 Å². The van der Waals surface area contributed by atoms with Gasteiger partial charge in [-0.3, -0.25) is 9.38 Å². The average Bonchev–Trinajstić information content (AvgIpc) is 3.18. The molecular weight excluding hydrogens is 348 g/mol. The van der Waals surface area contributed by atoms with Gasteiger partial charge in [-0.25, -0.2) is 4.98 Å². The van der Waals surface area contributed by atoms with Crippen LogP contribution in [0.2, 0.25) is 0 Å². The molecule has 140 valence electrons. The molecule has 28 heavy (non-hydrogen) atoms. The summed E-state index contributed by atoms with van der Waals surface area (Å²) < 4.78 is 7.68. The lowest BCUT2D eigenvalue weighted by atomic mass is 9.97. The van der Waals surface area contributed by atoms with Crippen molar-refractivity contribution in [3.05, 3.63) is 72.7 Å². The zero-order chi connectivity index (χ0) is 18.9. The maximum Gasteiger partial charge on any atom is 0.138 e. The van der Waals surface area contributed by atoms with Crippen LogP contribution in [0.15, 0.2) is 67.1 Å². The van der Waals surface area contributed by atoms with Crippen LogP contribution in [0.4, 0.5) is 5.82 Å². The highest BCUT2D eigenvalue weighted by Crippen LogP contribution is 2.32. The van der Waals surface area contributed by atoms with Crippen molar-refractivity contribution in [3.8, 4) is 22.4 Å². The van der Waals surface area contributed by atoms with Crippen LogP contribution >= 0.6 is 0 Å². The molecule has 4 heterocycles. The van der Waals surface area contributed by atoms with Gasteiger partial charge >= 0.3 is 0 Å². The van der Waals surface area contributed by atoms with Gasteiger partial charge in [-0.2, -0.15) is 0 Å². The smallest absolute Gasteiger partial charge is 0.138 e. The minimum atomic E-state index is 0.757. The Labute approximate surface area is 164 Å². The summed E-state index contributed by atoms with van der Waals surface area (Å²) >= 11 is 0. The van der Waals surface area contributed by atoms with Gasteiger partial charge in [0.05, 0.1) is 25.1 Å². The number of aromatic nitrogens is 3. The van der Waals surface area contributed by atoms with E-state index in [2.05, 4.69) is 69.9 Å². The van der Waals surface area contributed by atoms with Gasteiger partial charge in [-0.15, -0.1) is 0 Å². The molecular formula is C23H22N4O. The van der Waals surface area contributed by atoms with Crippen LogP contribution in [-0.4, -0.2) is 40.7 Å². The highest BCUT2D eigenvalue weighted by molar-refractivity contribution is 5.82. The molecule has 5 nitrogen and oxygen atoms in total. The second-order valence-corrected chi connectivity index (χ2v) is 7.08. The van der Waals surface area contributed by atoms with E-state index in [0.29, 0.717) is 0 Å². The Kier molecular flexibility index (Phi) is 4.29. The first-order valence-corrected chi connectivity index (χ1v) is 9.62. The molecule has 0 bridgehead atoms. The molecule has 1 saturated heterocycles. The van der Waals surface area contributed by atoms with Gasteiger partial charge in [0.1, 0.15) is 11.5 Å². The van der Waals surface area contributed by atoms with Gasteiger partial charge in [0.25, 0.3) is 0 Å². The van der Waals surface area contributed by atoms with Crippen molar-refractivity contribution in [2.45, 2.75) is 6.92 Å². The largest absolute Gasteiger partial charge is 0.378 e. The molecule has 0 atom stereocenters. The Morgan fingerprint density at radius 3 is 2.57 bits per heavy atom. The summed E-state index contributed by atoms with van der Waals surface area (Å²) in [5.74, 6) is 1.11. The predicted octanol–water partition coefficient (Wildman–Crippen LogP) is 4.21. The molecule has 1 aromatic carbocycles. The van der Waals surface area contributed by atoms with Gasteiger partial charge in [0.15, 0.2) is 0 Å². The number of morpholine rings is 1. The number of aryl methyl sites for hydroxylation is 1. The van der Waals surface area contributed by atoms with Crippen LogP contribution < -0.4 is 4.90 Å². The van der Waals surface area contributed by atoms with E-state index in [4.69, 9.17) is 9.72 Å². The van der Waals surface area contributed by atoms with Crippen molar-refractivity contribution in [2.24, 2.45) is 0 Å². The topological polar surface area (TPSA) is 42.7 Å². The fourth-order valence-electron chi connectivity index (χ4n) is 3.84. The molecule has 0 spiro atoms. The summed E-state index contributed by atoms with van der Waals surface area (Å²) in [4.78, 5) is 11.6. The Bertz CT molecular complexity index is 1130. The normalized spacial score (nSPS) is 14.5. The maximum atomic E-state index is 5.50. The van der Waals surface area contributed by atoms with Gasteiger partial charge in [0, 0.05) is 42.2 Å². The first kappa shape index (κ1) is 17.0. The number of nitrogens with zero attached hydrogens (tertiary/aromatic N) is 4. The molecule has 1 aliphatic heterocycles. The van der Waals surface area contributed by atoms with Gasteiger partial charge in [-0.05, 0) is 30.7 Å². The highest BCUT2D eigenvalue weighted by atomic mass is 16.5. The summed E-state index contributed by atoms with van der Waals surface area (Å²) in [6.07, 6.45) is 5.99. The number of hydrogen-bond donors (Lipinski definition) is 0. The molecule has 3 aromatic heterocycles. The number of imidazole rings is 1. The Balaban J connectivity index is 1.64. The van der Waals surface area contributed by atoms with E-state index in [1.807, 2.05) is 18.5 Å². The quantitative estimate of drug-likeness (QED) is 0.542. The molecule has 0 amide bonds. The van der Waals surface area contributed by atoms with Crippen LogP contribution in [0.3, 0.4) is 0 Å². The Morgan fingerprint density at radius 2 is 1.71 bits per heavy atom. The fourth-order valence-corrected chi connectivity index (χ4v) is 3.84. The third-order valence-electron chi connectivity index (χ3n) is 5.34. The number of fused-ring (bicyclic) bond motifs is 1. The molecule has 0 unspecified atom stereocenters. The zero-order valence-electron chi connectivity index (χ0n) is 15.9. The lowest BCUT2D eigenvalue weighted by Gasteiger charge is -2.28. The second-order valence-electron chi connectivity index (χ2n) is 7.08. The van der Waals surface area contributed by atoms with E-state index in [1.165, 1.54) is 5.56 Å².